The molecule has 0 bridgehead atoms. The zero-order valence-corrected chi connectivity index (χ0v) is 10.8. The van der Waals surface area contributed by atoms with Crippen molar-refractivity contribution in [3.63, 3.8) is 0 Å². The number of halogens is 1. The molecule has 0 aliphatic heterocycles. The van der Waals surface area contributed by atoms with E-state index in [0.29, 0.717) is 35.5 Å². The van der Waals surface area contributed by atoms with Gasteiger partial charge in [0, 0.05) is 19.2 Å². The van der Waals surface area contributed by atoms with E-state index in [-0.39, 0.29) is 5.56 Å². The Labute approximate surface area is 110 Å². The van der Waals surface area contributed by atoms with Gasteiger partial charge in [-0.15, -0.1) is 0 Å². The summed E-state index contributed by atoms with van der Waals surface area (Å²) >= 11 is 0. The van der Waals surface area contributed by atoms with Crippen molar-refractivity contribution in [3.05, 3.63) is 34.9 Å². The minimum atomic E-state index is -0.511. The van der Waals surface area contributed by atoms with E-state index in [4.69, 9.17) is 5.73 Å². The van der Waals surface area contributed by atoms with Crippen LogP contribution in [0.2, 0.25) is 0 Å². The Morgan fingerprint density at radius 2 is 2.00 bits per heavy atom. The number of nitrogens with one attached hydrogen (secondary N) is 1. The molecule has 19 heavy (non-hydrogen) atoms. The normalized spacial score (nSPS) is 10.7. The van der Waals surface area contributed by atoms with E-state index in [1.165, 1.54) is 6.07 Å². The molecule has 0 aliphatic rings. The largest absolute Gasteiger partial charge is 0.351 e. The number of hydrogen-bond acceptors (Lipinski definition) is 4. The van der Waals surface area contributed by atoms with E-state index in [1.54, 1.807) is 13.8 Å². The molecule has 0 unspecified atom stereocenters. The molecule has 1 aromatic carbocycles. The van der Waals surface area contributed by atoms with Gasteiger partial charge in [0.15, 0.2) is 0 Å². The number of nitrogens with zero attached hydrogens (tertiary/aromatic N) is 2. The zero-order valence-electron chi connectivity index (χ0n) is 10.8. The first-order valence-corrected chi connectivity index (χ1v) is 5.95. The molecule has 2 rings (SSSR count). The highest BCUT2D eigenvalue weighted by molar-refractivity contribution is 6.04. The lowest BCUT2D eigenvalue weighted by Gasteiger charge is -2.08. The summed E-state index contributed by atoms with van der Waals surface area (Å²) in [7, 11) is 0. The Morgan fingerprint density at radius 3 is 2.68 bits per heavy atom. The number of rotatable bonds is 3. The molecule has 6 heteroatoms. The van der Waals surface area contributed by atoms with Gasteiger partial charge in [-0.05, 0) is 19.9 Å². The van der Waals surface area contributed by atoms with Crippen LogP contribution >= 0.6 is 0 Å². The second kappa shape index (κ2) is 5.27. The van der Waals surface area contributed by atoms with Gasteiger partial charge in [-0.2, -0.15) is 0 Å². The van der Waals surface area contributed by atoms with Gasteiger partial charge in [0.1, 0.15) is 11.3 Å². The average Bonchev–Trinajstić information content (AvgIpc) is 2.37. The molecule has 5 nitrogen and oxygen atoms in total. The van der Waals surface area contributed by atoms with Gasteiger partial charge >= 0.3 is 0 Å². The number of hydrogen-bond donors (Lipinski definition) is 2. The topological polar surface area (TPSA) is 80.9 Å². The summed E-state index contributed by atoms with van der Waals surface area (Å²) in [6.45, 7) is 4.24. The average molecular weight is 262 g/mol. The maximum atomic E-state index is 13.5. The fourth-order valence-corrected chi connectivity index (χ4v) is 1.75. The summed E-state index contributed by atoms with van der Waals surface area (Å²) in [6, 6.07) is 2.44. The van der Waals surface area contributed by atoms with Gasteiger partial charge in [0.25, 0.3) is 5.91 Å². The lowest BCUT2D eigenvalue weighted by molar-refractivity contribution is 0.0956. The zero-order chi connectivity index (χ0) is 14.0. The first-order chi connectivity index (χ1) is 9.02. The number of fused-ring (bicyclic) bond motifs is 1. The minimum Gasteiger partial charge on any atom is -0.351 e. The molecule has 0 radical (unpaired) electrons. The van der Waals surface area contributed by atoms with Crippen molar-refractivity contribution in [2.75, 3.05) is 13.1 Å². The van der Waals surface area contributed by atoms with Gasteiger partial charge in [0.05, 0.1) is 22.5 Å². The number of nitrogens with two attached hydrogens (primary N) is 1. The number of carbonyl (C=O) groups excluding carboxylic acids is 1. The van der Waals surface area contributed by atoms with Crippen molar-refractivity contribution >= 4 is 16.9 Å². The van der Waals surface area contributed by atoms with Gasteiger partial charge in [0.2, 0.25) is 0 Å². The van der Waals surface area contributed by atoms with Crippen LogP contribution in [-0.2, 0) is 0 Å². The van der Waals surface area contributed by atoms with Crippen molar-refractivity contribution in [1.29, 1.82) is 0 Å². The Kier molecular flexibility index (Phi) is 3.71. The molecule has 1 amide bonds. The van der Waals surface area contributed by atoms with Crippen LogP contribution in [0, 0.1) is 19.7 Å². The van der Waals surface area contributed by atoms with E-state index < -0.39 is 11.7 Å². The van der Waals surface area contributed by atoms with Crippen LogP contribution in [0.4, 0.5) is 4.39 Å². The molecular formula is C13H15FN4O. The molecular weight excluding hydrogens is 247 g/mol. The second-order valence-electron chi connectivity index (χ2n) is 4.26. The van der Waals surface area contributed by atoms with E-state index in [1.807, 2.05) is 0 Å². The van der Waals surface area contributed by atoms with Crippen molar-refractivity contribution in [1.82, 2.24) is 15.3 Å². The molecule has 0 atom stereocenters. The molecule has 0 spiro atoms. The predicted octanol–water partition coefficient (Wildman–Crippen LogP) is 1.07. The Morgan fingerprint density at radius 1 is 1.32 bits per heavy atom. The fourth-order valence-electron chi connectivity index (χ4n) is 1.75. The highest BCUT2D eigenvalue weighted by atomic mass is 19.1. The number of aryl methyl sites for hydroxylation is 2. The maximum absolute atomic E-state index is 13.5. The highest BCUT2D eigenvalue weighted by Crippen LogP contribution is 2.19. The second-order valence-corrected chi connectivity index (χ2v) is 4.26. The SMILES string of the molecule is Cc1nc2cc(F)cc(C(=O)NCCN)c2nc1C. The van der Waals surface area contributed by atoms with E-state index >= 15 is 0 Å². The third-order valence-corrected chi connectivity index (χ3v) is 2.82. The van der Waals surface area contributed by atoms with Crippen LogP contribution in [0.1, 0.15) is 21.7 Å². The third kappa shape index (κ3) is 2.68. The van der Waals surface area contributed by atoms with E-state index in [9.17, 15) is 9.18 Å². The summed E-state index contributed by atoms with van der Waals surface area (Å²) < 4.78 is 13.5. The molecule has 1 aromatic heterocycles. The molecule has 0 saturated heterocycles. The van der Waals surface area contributed by atoms with Gasteiger partial charge in [-0.1, -0.05) is 0 Å². The van der Waals surface area contributed by atoms with Gasteiger partial charge in [-0.25, -0.2) is 14.4 Å². The smallest absolute Gasteiger partial charge is 0.253 e. The Hall–Kier alpha value is -2.08. The van der Waals surface area contributed by atoms with Crippen LogP contribution in [0.3, 0.4) is 0 Å². The van der Waals surface area contributed by atoms with E-state index in [2.05, 4.69) is 15.3 Å². The van der Waals surface area contributed by atoms with E-state index in [0.717, 1.165) is 6.07 Å². The summed E-state index contributed by atoms with van der Waals surface area (Å²) in [5.41, 5.74) is 7.71. The molecule has 1 heterocycles. The van der Waals surface area contributed by atoms with Crippen LogP contribution in [0.5, 0.6) is 0 Å². The quantitative estimate of drug-likeness (QED) is 0.867. The van der Waals surface area contributed by atoms with Crippen molar-refractivity contribution in [2.45, 2.75) is 13.8 Å². The highest BCUT2D eigenvalue weighted by Gasteiger charge is 2.14. The molecule has 0 saturated carbocycles. The summed E-state index contributed by atoms with van der Waals surface area (Å²) in [5.74, 6) is -0.907. The van der Waals surface area contributed by atoms with Crippen LogP contribution in [0.25, 0.3) is 11.0 Å². The van der Waals surface area contributed by atoms with Gasteiger partial charge in [-0.3, -0.25) is 4.79 Å². The fraction of sp³-hybridized carbons (Fsp3) is 0.308. The predicted molar refractivity (Wildman–Crippen MR) is 70.4 cm³/mol. The molecule has 0 fully saturated rings. The number of aromatic nitrogens is 2. The maximum Gasteiger partial charge on any atom is 0.253 e. The van der Waals surface area contributed by atoms with Crippen LogP contribution in [-0.4, -0.2) is 29.0 Å². The van der Waals surface area contributed by atoms with Crippen molar-refractivity contribution in [3.8, 4) is 0 Å². The number of carbonyl (C=O) groups is 1. The number of amides is 1. The Bertz CT molecular complexity index is 642. The third-order valence-electron chi connectivity index (χ3n) is 2.82. The number of benzene rings is 1. The lowest BCUT2D eigenvalue weighted by atomic mass is 10.1. The van der Waals surface area contributed by atoms with Crippen LogP contribution in [0.15, 0.2) is 12.1 Å². The first kappa shape index (κ1) is 13.4. The lowest BCUT2D eigenvalue weighted by Crippen LogP contribution is -2.29. The molecule has 0 aliphatic carbocycles. The standard InChI is InChI=1S/C13H15FN4O/c1-7-8(2)18-12-10(13(19)16-4-3-15)5-9(14)6-11(12)17-7/h5-6H,3-4,15H2,1-2H3,(H,16,19). The van der Waals surface area contributed by atoms with Gasteiger partial charge < -0.3 is 11.1 Å². The molecule has 2 aromatic rings. The van der Waals surface area contributed by atoms with Crippen LogP contribution < -0.4 is 11.1 Å². The molecule has 3 N–H and O–H groups in total. The Balaban J connectivity index is 2.59. The van der Waals surface area contributed by atoms with Crippen molar-refractivity contribution < 1.29 is 9.18 Å². The monoisotopic (exact) mass is 262 g/mol. The molecule has 100 valence electrons. The minimum absolute atomic E-state index is 0.180. The summed E-state index contributed by atoms with van der Waals surface area (Å²) in [6.07, 6.45) is 0. The summed E-state index contributed by atoms with van der Waals surface area (Å²) in [5, 5.41) is 2.60. The summed E-state index contributed by atoms with van der Waals surface area (Å²) in [4.78, 5) is 20.5. The first-order valence-electron chi connectivity index (χ1n) is 5.95. The van der Waals surface area contributed by atoms with Crippen molar-refractivity contribution in [2.24, 2.45) is 5.73 Å².